The zero-order valence-corrected chi connectivity index (χ0v) is 12.6. The molecule has 2 aromatic carbocycles. The molecule has 0 atom stereocenters. The molecule has 1 heterocycles. The first-order valence-electron chi connectivity index (χ1n) is 7.14. The number of nitrogens with one attached hydrogen (secondary N) is 1. The maximum atomic E-state index is 11.7. The molecule has 6 nitrogen and oxygen atoms in total. The Morgan fingerprint density at radius 3 is 2.78 bits per heavy atom. The van der Waals surface area contributed by atoms with Gasteiger partial charge in [0.05, 0.1) is 5.71 Å². The van der Waals surface area contributed by atoms with E-state index in [2.05, 4.69) is 10.5 Å². The summed E-state index contributed by atoms with van der Waals surface area (Å²) in [7, 11) is 0. The maximum Gasteiger partial charge on any atom is 0.265 e. The molecule has 2 aromatic rings. The Morgan fingerprint density at radius 1 is 1.17 bits per heavy atom. The number of hydrogen-bond acceptors (Lipinski definition) is 5. The number of nitrogens with zero attached hydrogens (tertiary/aromatic N) is 1. The van der Waals surface area contributed by atoms with Crippen LogP contribution in [0.2, 0.25) is 0 Å². The van der Waals surface area contributed by atoms with Crippen LogP contribution in [0.4, 0.5) is 5.69 Å². The van der Waals surface area contributed by atoms with Crippen LogP contribution in [0.1, 0.15) is 12.5 Å². The summed E-state index contributed by atoms with van der Waals surface area (Å²) in [6, 6.07) is 14.7. The van der Waals surface area contributed by atoms with Gasteiger partial charge in [-0.15, -0.1) is 0 Å². The Bertz CT molecular complexity index is 729. The molecule has 0 radical (unpaired) electrons. The first kappa shape index (κ1) is 14.9. The maximum absolute atomic E-state index is 11.7. The van der Waals surface area contributed by atoms with E-state index in [1.54, 1.807) is 19.1 Å². The second kappa shape index (κ2) is 6.83. The number of amides is 1. The summed E-state index contributed by atoms with van der Waals surface area (Å²) < 4.78 is 10.6. The van der Waals surface area contributed by atoms with E-state index in [0.29, 0.717) is 17.2 Å². The van der Waals surface area contributed by atoms with Crippen molar-refractivity contribution < 1.29 is 19.1 Å². The van der Waals surface area contributed by atoms with Crippen LogP contribution in [0.5, 0.6) is 11.5 Å². The molecule has 0 spiro atoms. The van der Waals surface area contributed by atoms with Crippen LogP contribution in [0.25, 0.3) is 0 Å². The van der Waals surface area contributed by atoms with Crippen molar-refractivity contribution in [3.8, 4) is 11.5 Å². The van der Waals surface area contributed by atoms with E-state index in [9.17, 15) is 4.79 Å². The molecule has 118 valence electrons. The predicted molar refractivity (Wildman–Crippen MR) is 85.8 cm³/mol. The summed E-state index contributed by atoms with van der Waals surface area (Å²) in [6.45, 7) is 1.87. The third kappa shape index (κ3) is 3.79. The fourth-order valence-electron chi connectivity index (χ4n) is 2.08. The molecule has 0 unspecified atom stereocenters. The van der Waals surface area contributed by atoms with Crippen LogP contribution >= 0.6 is 0 Å². The average molecular weight is 312 g/mol. The van der Waals surface area contributed by atoms with Gasteiger partial charge in [-0.05, 0) is 37.3 Å². The van der Waals surface area contributed by atoms with Gasteiger partial charge in [-0.25, -0.2) is 0 Å². The third-order valence-electron chi connectivity index (χ3n) is 3.25. The lowest BCUT2D eigenvalue weighted by Gasteiger charge is -2.05. The number of ether oxygens (including phenoxy) is 2. The van der Waals surface area contributed by atoms with Crippen molar-refractivity contribution in [2.24, 2.45) is 5.16 Å². The quantitative estimate of drug-likeness (QED) is 0.681. The van der Waals surface area contributed by atoms with Gasteiger partial charge in [0.2, 0.25) is 6.79 Å². The largest absolute Gasteiger partial charge is 0.454 e. The number of fused-ring (bicyclic) bond motifs is 1. The van der Waals surface area contributed by atoms with E-state index in [1.165, 1.54) is 0 Å². The lowest BCUT2D eigenvalue weighted by molar-refractivity contribution is -0.120. The summed E-state index contributed by atoms with van der Waals surface area (Å²) in [5.74, 6) is 1.13. The minimum Gasteiger partial charge on any atom is -0.454 e. The van der Waals surface area contributed by atoms with E-state index in [0.717, 1.165) is 11.3 Å². The van der Waals surface area contributed by atoms with Crippen LogP contribution in [0.3, 0.4) is 0 Å². The molecule has 1 amide bonds. The van der Waals surface area contributed by atoms with Gasteiger partial charge in [0.1, 0.15) is 0 Å². The van der Waals surface area contributed by atoms with E-state index >= 15 is 0 Å². The van der Waals surface area contributed by atoms with Gasteiger partial charge in [0.25, 0.3) is 5.91 Å². The topological polar surface area (TPSA) is 69.2 Å². The molecular formula is C17H16N2O4. The van der Waals surface area contributed by atoms with Crippen molar-refractivity contribution in [1.82, 2.24) is 0 Å². The molecule has 0 aliphatic carbocycles. The number of carbonyl (C=O) groups excluding carboxylic acids is 1. The number of rotatable bonds is 5. The smallest absolute Gasteiger partial charge is 0.265 e. The number of oxime groups is 1. The lowest BCUT2D eigenvalue weighted by Crippen LogP contribution is -2.17. The minimum absolute atomic E-state index is 0.156. The highest BCUT2D eigenvalue weighted by atomic mass is 16.7. The Morgan fingerprint density at radius 2 is 1.96 bits per heavy atom. The fraction of sp³-hybridized carbons (Fsp3) is 0.176. The van der Waals surface area contributed by atoms with Crippen LogP contribution < -0.4 is 14.8 Å². The van der Waals surface area contributed by atoms with Crippen molar-refractivity contribution >= 4 is 17.3 Å². The summed E-state index contributed by atoms with van der Waals surface area (Å²) in [4.78, 5) is 16.8. The van der Waals surface area contributed by atoms with Crippen LogP contribution in [-0.2, 0) is 9.63 Å². The number of hydrogen-bond donors (Lipinski definition) is 1. The summed E-state index contributed by atoms with van der Waals surface area (Å²) in [6.07, 6.45) is 0. The highest BCUT2D eigenvalue weighted by molar-refractivity contribution is 5.99. The number of carbonyl (C=O) groups is 1. The molecular weight excluding hydrogens is 296 g/mol. The van der Waals surface area contributed by atoms with Crippen LogP contribution in [-0.4, -0.2) is 25.0 Å². The molecule has 0 fully saturated rings. The molecule has 3 rings (SSSR count). The molecule has 1 aliphatic rings. The highest BCUT2D eigenvalue weighted by Crippen LogP contribution is 2.32. The fourth-order valence-corrected chi connectivity index (χ4v) is 2.08. The van der Waals surface area contributed by atoms with Gasteiger partial charge in [0, 0.05) is 11.3 Å². The van der Waals surface area contributed by atoms with E-state index in [-0.39, 0.29) is 19.3 Å². The van der Waals surface area contributed by atoms with Gasteiger partial charge in [-0.2, -0.15) is 0 Å². The van der Waals surface area contributed by atoms with Crippen molar-refractivity contribution in [2.75, 3.05) is 18.7 Å². The average Bonchev–Trinajstić information content (AvgIpc) is 3.03. The lowest BCUT2D eigenvalue weighted by atomic mass is 10.1. The van der Waals surface area contributed by atoms with Gasteiger partial charge in [-0.3, -0.25) is 4.79 Å². The van der Waals surface area contributed by atoms with Crippen molar-refractivity contribution in [2.45, 2.75) is 6.92 Å². The monoisotopic (exact) mass is 312 g/mol. The predicted octanol–water partition coefficient (Wildman–Crippen LogP) is 2.79. The van der Waals surface area contributed by atoms with Crippen LogP contribution in [0, 0.1) is 0 Å². The standard InChI is InChI=1S/C17H16N2O4/c1-12(13-7-8-15-16(9-13)22-11-21-15)19-23-10-17(20)18-14-5-3-2-4-6-14/h2-9H,10-11H2,1H3,(H,18,20)/b19-12-. The molecule has 0 aromatic heterocycles. The van der Waals surface area contributed by atoms with Crippen molar-refractivity contribution in [3.05, 3.63) is 54.1 Å². The van der Waals surface area contributed by atoms with E-state index < -0.39 is 0 Å². The van der Waals surface area contributed by atoms with Gasteiger partial charge in [-0.1, -0.05) is 23.4 Å². The Kier molecular flexibility index (Phi) is 4.42. The molecule has 1 N–H and O–H groups in total. The van der Waals surface area contributed by atoms with E-state index in [4.69, 9.17) is 14.3 Å². The van der Waals surface area contributed by atoms with Gasteiger partial charge < -0.3 is 19.6 Å². The molecule has 1 aliphatic heterocycles. The minimum atomic E-state index is -0.265. The SMILES string of the molecule is C/C(=N/OCC(=O)Nc1ccccc1)c1ccc2c(c1)OCO2. The molecule has 6 heteroatoms. The van der Waals surface area contributed by atoms with Crippen molar-refractivity contribution in [1.29, 1.82) is 0 Å². The molecule has 0 bridgehead atoms. The summed E-state index contributed by atoms with van der Waals surface area (Å²) in [5, 5.41) is 6.68. The molecule has 0 saturated heterocycles. The first-order chi connectivity index (χ1) is 11.2. The zero-order chi connectivity index (χ0) is 16.1. The normalized spacial score (nSPS) is 12.8. The number of para-hydroxylation sites is 1. The molecule has 0 saturated carbocycles. The first-order valence-corrected chi connectivity index (χ1v) is 7.14. The van der Waals surface area contributed by atoms with Crippen LogP contribution in [0.15, 0.2) is 53.7 Å². The highest BCUT2D eigenvalue weighted by Gasteiger charge is 2.14. The second-order valence-corrected chi connectivity index (χ2v) is 4.93. The van der Waals surface area contributed by atoms with E-state index in [1.807, 2.05) is 36.4 Å². The van der Waals surface area contributed by atoms with Gasteiger partial charge >= 0.3 is 0 Å². The Labute approximate surface area is 133 Å². The third-order valence-corrected chi connectivity index (χ3v) is 3.25. The summed E-state index contributed by atoms with van der Waals surface area (Å²) >= 11 is 0. The van der Waals surface area contributed by atoms with Gasteiger partial charge in [0.15, 0.2) is 18.1 Å². The van der Waals surface area contributed by atoms with Crippen molar-refractivity contribution in [3.63, 3.8) is 0 Å². The number of anilines is 1. The zero-order valence-electron chi connectivity index (χ0n) is 12.6. The second-order valence-electron chi connectivity index (χ2n) is 4.93. The number of benzene rings is 2. The summed E-state index contributed by atoms with van der Waals surface area (Å²) in [5.41, 5.74) is 2.21. The Balaban J connectivity index is 1.54. The Hall–Kier alpha value is -3.02. The molecule has 23 heavy (non-hydrogen) atoms.